The lowest BCUT2D eigenvalue weighted by Crippen LogP contribution is -3.00. The second-order valence-corrected chi connectivity index (χ2v) is 11.9. The molecular formula is C37H59BrN2O3. The summed E-state index contributed by atoms with van der Waals surface area (Å²) >= 11 is 0. The van der Waals surface area contributed by atoms with Crippen LogP contribution in [0.25, 0.3) is 0 Å². The predicted octanol–water partition coefficient (Wildman–Crippen LogP) is 6.58. The Labute approximate surface area is 273 Å². The van der Waals surface area contributed by atoms with E-state index in [9.17, 15) is 0 Å². The van der Waals surface area contributed by atoms with Crippen molar-refractivity contribution in [2.75, 3.05) is 39.7 Å². The van der Waals surface area contributed by atoms with Crippen molar-refractivity contribution in [3.8, 4) is 17.2 Å². The Kier molecular flexibility index (Phi) is 18.5. The van der Waals surface area contributed by atoms with Gasteiger partial charge in [0.2, 0.25) is 0 Å². The summed E-state index contributed by atoms with van der Waals surface area (Å²) in [5.41, 5.74) is 6.57. The van der Waals surface area contributed by atoms with Crippen LogP contribution in [0.3, 0.4) is 0 Å². The van der Waals surface area contributed by atoms with E-state index in [1.165, 1.54) is 112 Å². The number of ether oxygens (including phenoxy) is 3. The molecule has 2 aromatic carbocycles. The number of unbranched alkanes of at least 4 members (excludes halogenated alkanes) is 12. The Bertz CT molecular complexity index is 1100. The van der Waals surface area contributed by atoms with Gasteiger partial charge in [-0.25, -0.2) is 4.58 Å². The lowest BCUT2D eigenvalue weighted by molar-refractivity contribution is -0.545. The molecule has 0 fully saturated rings. The first-order chi connectivity index (χ1) is 20.7. The Morgan fingerprint density at radius 3 is 2.02 bits per heavy atom. The number of hydrogen-bond donors (Lipinski definition) is 1. The molecule has 3 rings (SSSR count). The number of nitrogens with zero attached hydrogens (tertiary/aromatic N) is 1. The fraction of sp³-hybridized carbons (Fsp3) is 0.649. The van der Waals surface area contributed by atoms with Crippen LogP contribution in [0.5, 0.6) is 17.2 Å². The number of benzene rings is 2. The molecule has 0 bridgehead atoms. The van der Waals surface area contributed by atoms with Gasteiger partial charge in [-0.2, -0.15) is 0 Å². The van der Waals surface area contributed by atoms with Crippen LogP contribution in [0, 0.1) is 0 Å². The van der Waals surface area contributed by atoms with E-state index in [2.05, 4.69) is 48.0 Å². The topological polar surface area (TPSA) is 42.7 Å². The molecule has 0 radical (unpaired) electrons. The van der Waals surface area contributed by atoms with Gasteiger partial charge in [-0.1, -0.05) is 103 Å². The van der Waals surface area contributed by atoms with Crippen LogP contribution in [0.1, 0.15) is 127 Å². The van der Waals surface area contributed by atoms with Crippen molar-refractivity contribution in [1.82, 2.24) is 0 Å². The number of fused-ring (bicyclic) bond motifs is 1. The summed E-state index contributed by atoms with van der Waals surface area (Å²) in [5.74, 6) is 2.58. The second-order valence-electron chi connectivity index (χ2n) is 11.9. The molecule has 0 spiro atoms. The normalized spacial score (nSPS) is 12.5. The van der Waals surface area contributed by atoms with E-state index in [4.69, 9.17) is 14.2 Å². The molecule has 5 nitrogen and oxygen atoms in total. The van der Waals surface area contributed by atoms with Crippen molar-refractivity contribution in [3.05, 3.63) is 47.0 Å². The van der Waals surface area contributed by atoms with Gasteiger partial charge in [-0.3, -0.25) is 0 Å². The van der Waals surface area contributed by atoms with Crippen molar-refractivity contribution in [2.24, 2.45) is 0 Å². The molecule has 1 aliphatic heterocycles. The summed E-state index contributed by atoms with van der Waals surface area (Å²) in [6, 6.07) is 10.8. The molecule has 0 aromatic heterocycles. The van der Waals surface area contributed by atoms with E-state index in [0.29, 0.717) is 0 Å². The van der Waals surface area contributed by atoms with Crippen molar-refractivity contribution in [2.45, 2.75) is 123 Å². The third kappa shape index (κ3) is 11.7. The monoisotopic (exact) mass is 658 g/mol. The standard InChI is InChI=1S/C37H59N2O3.BrH/c1-6-8-10-12-13-14-15-16-18-23-34-33-28-35(41-4)37(42-5)36(38-25-19-17-11-9-7-2)32(33)24-26-39(34)29-30-21-20-22-31(27-30)40-3;/h20-22,27-28,38H,6-19,23-26,29H2,1-5H3;1H/q+1;/p-1. The molecule has 0 amide bonds. The summed E-state index contributed by atoms with van der Waals surface area (Å²) in [6.07, 6.45) is 20.5. The quantitative estimate of drug-likeness (QED) is 0.115. The maximum Gasteiger partial charge on any atom is 0.184 e. The molecular weight excluding hydrogens is 600 g/mol. The fourth-order valence-corrected chi connectivity index (χ4v) is 6.29. The molecule has 2 aromatic rings. The van der Waals surface area contributed by atoms with Crippen LogP contribution >= 0.6 is 0 Å². The molecule has 0 saturated carbocycles. The Balaban J connectivity index is 0.00000645. The van der Waals surface area contributed by atoms with Gasteiger partial charge in [0.25, 0.3) is 0 Å². The molecule has 0 atom stereocenters. The zero-order valence-corrected chi connectivity index (χ0v) is 29.5. The van der Waals surface area contributed by atoms with Gasteiger partial charge in [0.05, 0.1) is 32.6 Å². The second kappa shape index (κ2) is 21.5. The van der Waals surface area contributed by atoms with Gasteiger partial charge in [-0.05, 0) is 36.6 Å². The highest BCUT2D eigenvalue weighted by Crippen LogP contribution is 2.42. The average Bonchev–Trinajstić information content (AvgIpc) is 3.02. The molecule has 1 heterocycles. The molecule has 6 heteroatoms. The predicted molar refractivity (Wildman–Crippen MR) is 178 cm³/mol. The first-order valence-corrected chi connectivity index (χ1v) is 16.9. The maximum absolute atomic E-state index is 5.95. The summed E-state index contributed by atoms with van der Waals surface area (Å²) in [6.45, 7) is 7.40. The van der Waals surface area contributed by atoms with Crippen LogP contribution in [0.15, 0.2) is 30.3 Å². The lowest BCUT2D eigenvalue weighted by atomic mass is 9.90. The lowest BCUT2D eigenvalue weighted by Gasteiger charge is -2.25. The summed E-state index contributed by atoms with van der Waals surface area (Å²) in [4.78, 5) is 0. The Morgan fingerprint density at radius 2 is 1.40 bits per heavy atom. The minimum Gasteiger partial charge on any atom is -1.00 e. The van der Waals surface area contributed by atoms with Gasteiger partial charge in [0, 0.05) is 24.9 Å². The van der Waals surface area contributed by atoms with Gasteiger partial charge in [0.15, 0.2) is 23.8 Å². The van der Waals surface area contributed by atoms with Crippen LogP contribution in [0.4, 0.5) is 5.69 Å². The fourth-order valence-electron chi connectivity index (χ4n) is 6.29. The van der Waals surface area contributed by atoms with Crippen molar-refractivity contribution < 1.29 is 35.8 Å². The number of halogens is 1. The minimum atomic E-state index is 0. The van der Waals surface area contributed by atoms with Crippen molar-refractivity contribution in [3.63, 3.8) is 0 Å². The van der Waals surface area contributed by atoms with Gasteiger partial charge >= 0.3 is 0 Å². The number of rotatable bonds is 22. The van der Waals surface area contributed by atoms with E-state index >= 15 is 0 Å². The summed E-state index contributed by atoms with van der Waals surface area (Å²) < 4.78 is 20.0. The van der Waals surface area contributed by atoms with E-state index < -0.39 is 0 Å². The van der Waals surface area contributed by atoms with Gasteiger partial charge in [-0.15, -0.1) is 0 Å². The van der Waals surface area contributed by atoms with Crippen LogP contribution in [-0.2, 0) is 13.0 Å². The molecule has 43 heavy (non-hydrogen) atoms. The molecule has 1 aliphatic rings. The number of nitrogens with one attached hydrogen (secondary N) is 1. The Morgan fingerprint density at radius 1 is 0.744 bits per heavy atom. The zero-order chi connectivity index (χ0) is 30.0. The van der Waals surface area contributed by atoms with E-state index in [1.807, 2.05) is 6.07 Å². The number of hydrogen-bond acceptors (Lipinski definition) is 4. The van der Waals surface area contributed by atoms with Crippen molar-refractivity contribution in [1.29, 1.82) is 0 Å². The van der Waals surface area contributed by atoms with Crippen LogP contribution < -0.4 is 36.5 Å². The van der Waals surface area contributed by atoms with Crippen LogP contribution in [0.2, 0.25) is 0 Å². The largest absolute Gasteiger partial charge is 1.00 e. The van der Waals surface area contributed by atoms with Crippen molar-refractivity contribution >= 4 is 11.4 Å². The third-order valence-corrected chi connectivity index (χ3v) is 8.71. The summed E-state index contributed by atoms with van der Waals surface area (Å²) in [7, 11) is 5.27. The van der Waals surface area contributed by atoms with E-state index in [1.54, 1.807) is 21.3 Å². The zero-order valence-electron chi connectivity index (χ0n) is 27.9. The molecule has 0 aliphatic carbocycles. The maximum atomic E-state index is 5.95. The highest BCUT2D eigenvalue weighted by molar-refractivity contribution is 6.01. The SMILES string of the molecule is CCCCCCCCCCCC1=[N+](Cc2cccc(OC)c2)CCc2c1cc(OC)c(OC)c2NCCCCCCC.[Br-]. The average molecular weight is 660 g/mol. The highest BCUT2D eigenvalue weighted by atomic mass is 79.9. The molecule has 242 valence electrons. The molecule has 1 N–H and O–H groups in total. The smallest absolute Gasteiger partial charge is 0.184 e. The molecule has 0 unspecified atom stereocenters. The summed E-state index contributed by atoms with van der Waals surface area (Å²) in [5, 5.41) is 3.80. The first-order valence-electron chi connectivity index (χ1n) is 16.9. The van der Waals surface area contributed by atoms with E-state index in [-0.39, 0.29) is 17.0 Å². The number of methoxy groups -OCH3 is 3. The number of anilines is 1. The van der Waals surface area contributed by atoms with Crippen LogP contribution in [-0.4, -0.2) is 44.7 Å². The minimum absolute atomic E-state index is 0. The van der Waals surface area contributed by atoms with E-state index in [0.717, 1.165) is 55.4 Å². The Hall–Kier alpha value is -2.21. The van der Waals surface area contributed by atoms with Gasteiger partial charge < -0.3 is 36.5 Å². The first kappa shape index (κ1) is 37.0. The highest BCUT2D eigenvalue weighted by Gasteiger charge is 2.31. The van der Waals surface area contributed by atoms with Gasteiger partial charge in [0.1, 0.15) is 12.3 Å². The third-order valence-electron chi connectivity index (χ3n) is 8.71. The molecule has 0 saturated heterocycles.